The van der Waals surface area contributed by atoms with Crippen molar-refractivity contribution >= 4 is 23.4 Å². The lowest BCUT2D eigenvalue weighted by atomic mass is 9.74. The molecule has 4 rings (SSSR count). The molecule has 1 N–H and O–H groups in total. The first kappa shape index (κ1) is 25.2. The predicted octanol–water partition coefficient (Wildman–Crippen LogP) is 4.96. The zero-order valence-electron chi connectivity index (χ0n) is 20.4. The van der Waals surface area contributed by atoms with Gasteiger partial charge in [-0.05, 0) is 61.4 Å². The Morgan fingerprint density at radius 3 is 2.40 bits per heavy atom. The number of ether oxygens (including phenoxy) is 3. The lowest BCUT2D eigenvalue weighted by Gasteiger charge is -2.42. The molecule has 2 aromatic carbocycles. The Balaban J connectivity index is 1.47. The topological polar surface area (TPSA) is 77.1 Å². The van der Waals surface area contributed by atoms with Crippen LogP contribution in [0.5, 0.6) is 17.2 Å². The molecule has 1 fully saturated rings. The summed E-state index contributed by atoms with van der Waals surface area (Å²) >= 11 is 6.16. The van der Waals surface area contributed by atoms with E-state index < -0.39 is 0 Å². The normalized spacial score (nSPS) is 18.4. The number of nitrogens with zero attached hydrogens (tertiary/aromatic N) is 1. The number of likely N-dealkylation sites (tertiary alicyclic amines) is 1. The third-order valence-corrected chi connectivity index (χ3v) is 7.36. The molecule has 188 valence electrons. The van der Waals surface area contributed by atoms with Gasteiger partial charge >= 0.3 is 0 Å². The van der Waals surface area contributed by atoms with Crippen LogP contribution in [0.1, 0.15) is 59.2 Å². The van der Waals surface area contributed by atoms with Gasteiger partial charge in [0, 0.05) is 36.3 Å². The first-order valence-corrected chi connectivity index (χ1v) is 12.5. The summed E-state index contributed by atoms with van der Waals surface area (Å²) in [6.45, 7) is 2.41. The van der Waals surface area contributed by atoms with E-state index in [2.05, 4.69) is 5.32 Å². The van der Waals surface area contributed by atoms with Crippen molar-refractivity contribution in [2.75, 3.05) is 40.5 Å². The molecule has 7 nitrogen and oxygen atoms in total. The Bertz CT molecular complexity index is 1040. The van der Waals surface area contributed by atoms with Crippen molar-refractivity contribution in [3.8, 4) is 17.2 Å². The zero-order chi connectivity index (χ0) is 24.8. The van der Waals surface area contributed by atoms with E-state index >= 15 is 0 Å². The van der Waals surface area contributed by atoms with E-state index in [1.54, 1.807) is 50.6 Å². The van der Waals surface area contributed by atoms with Gasteiger partial charge in [0.05, 0.1) is 26.4 Å². The largest absolute Gasteiger partial charge is 0.497 e. The van der Waals surface area contributed by atoms with Gasteiger partial charge in [0.1, 0.15) is 17.2 Å². The molecule has 1 spiro atoms. The van der Waals surface area contributed by atoms with Crippen LogP contribution < -0.4 is 19.5 Å². The molecule has 0 atom stereocenters. The Hall–Kier alpha value is -2.93. The Labute approximate surface area is 211 Å². The molecule has 35 heavy (non-hydrogen) atoms. The van der Waals surface area contributed by atoms with Gasteiger partial charge in [-0.25, -0.2) is 0 Å². The number of benzene rings is 2. The van der Waals surface area contributed by atoms with Crippen molar-refractivity contribution in [3.05, 3.63) is 52.5 Å². The maximum absolute atomic E-state index is 13.3. The maximum Gasteiger partial charge on any atom is 0.255 e. The number of hydrogen-bond acceptors (Lipinski definition) is 5. The van der Waals surface area contributed by atoms with Crippen molar-refractivity contribution in [3.63, 3.8) is 0 Å². The van der Waals surface area contributed by atoms with Crippen LogP contribution in [-0.2, 0) is 0 Å². The highest BCUT2D eigenvalue weighted by atomic mass is 35.5. The van der Waals surface area contributed by atoms with Gasteiger partial charge < -0.3 is 24.4 Å². The second-order valence-electron chi connectivity index (χ2n) is 9.38. The fourth-order valence-electron chi connectivity index (χ4n) is 4.94. The summed E-state index contributed by atoms with van der Waals surface area (Å²) in [6, 6.07) is 10.4. The van der Waals surface area contributed by atoms with Crippen molar-refractivity contribution in [1.82, 2.24) is 10.2 Å². The fraction of sp³-hybridized carbons (Fsp3) is 0.481. The van der Waals surface area contributed by atoms with Gasteiger partial charge in [0.15, 0.2) is 0 Å². The third-order valence-electron chi connectivity index (χ3n) is 7.13. The summed E-state index contributed by atoms with van der Waals surface area (Å²) in [5.74, 6) is 1.54. The van der Waals surface area contributed by atoms with Gasteiger partial charge in [-0.2, -0.15) is 0 Å². The Kier molecular flexibility index (Phi) is 8.06. The highest BCUT2D eigenvalue weighted by molar-refractivity contribution is 6.31. The van der Waals surface area contributed by atoms with Crippen LogP contribution in [0.2, 0.25) is 5.02 Å². The van der Waals surface area contributed by atoms with Gasteiger partial charge in [-0.15, -0.1) is 0 Å². The summed E-state index contributed by atoms with van der Waals surface area (Å²) in [4.78, 5) is 28.2. The molecular weight excluding hydrogens is 468 g/mol. The van der Waals surface area contributed by atoms with Crippen LogP contribution >= 0.6 is 11.6 Å². The molecule has 8 heteroatoms. The van der Waals surface area contributed by atoms with Crippen molar-refractivity contribution in [1.29, 1.82) is 0 Å². The van der Waals surface area contributed by atoms with Crippen molar-refractivity contribution < 1.29 is 23.8 Å². The van der Waals surface area contributed by atoms with Crippen LogP contribution in [0.3, 0.4) is 0 Å². The summed E-state index contributed by atoms with van der Waals surface area (Å²) in [6.07, 6.45) is 5.73. The zero-order valence-corrected chi connectivity index (χ0v) is 21.2. The quantitative estimate of drug-likeness (QED) is 0.644. The summed E-state index contributed by atoms with van der Waals surface area (Å²) in [5, 5.41) is 3.64. The molecule has 2 aliphatic rings. The SMILES string of the molecule is COc1cc(OC)cc(C(=O)N2CCC3(CCCCCOc4ccc(Cl)cc4C(=O)NC3)CC2)c1. The summed E-state index contributed by atoms with van der Waals surface area (Å²) in [5.41, 5.74) is 0.975. The molecule has 2 heterocycles. The van der Waals surface area contributed by atoms with E-state index in [0.717, 1.165) is 38.5 Å². The van der Waals surface area contributed by atoms with Crippen LogP contribution in [0.25, 0.3) is 0 Å². The molecule has 2 aliphatic heterocycles. The van der Waals surface area contributed by atoms with Crippen LogP contribution in [0.4, 0.5) is 0 Å². The Morgan fingerprint density at radius 2 is 1.71 bits per heavy atom. The molecule has 0 aromatic heterocycles. The maximum atomic E-state index is 13.3. The average Bonchev–Trinajstić information content (AvgIpc) is 2.89. The van der Waals surface area contributed by atoms with Crippen molar-refractivity contribution in [2.24, 2.45) is 5.41 Å². The highest BCUT2D eigenvalue weighted by Crippen LogP contribution is 2.38. The molecule has 0 saturated carbocycles. The van der Waals surface area contributed by atoms with E-state index in [9.17, 15) is 9.59 Å². The first-order valence-electron chi connectivity index (χ1n) is 12.2. The summed E-state index contributed by atoms with van der Waals surface area (Å²) in [7, 11) is 3.15. The number of nitrogens with one attached hydrogen (secondary N) is 1. The predicted molar refractivity (Wildman–Crippen MR) is 135 cm³/mol. The number of amides is 2. The third kappa shape index (κ3) is 6.01. The highest BCUT2D eigenvalue weighted by Gasteiger charge is 2.36. The number of hydrogen-bond donors (Lipinski definition) is 1. The van der Waals surface area contributed by atoms with E-state index in [1.807, 2.05) is 4.90 Å². The van der Waals surface area contributed by atoms with Crippen molar-refractivity contribution in [2.45, 2.75) is 38.5 Å². The van der Waals surface area contributed by atoms with Gasteiger partial charge in [-0.1, -0.05) is 24.4 Å². The number of carbonyl (C=O) groups is 2. The van der Waals surface area contributed by atoms with Crippen LogP contribution in [0.15, 0.2) is 36.4 Å². The van der Waals surface area contributed by atoms with E-state index in [4.69, 9.17) is 25.8 Å². The number of methoxy groups -OCH3 is 2. The second kappa shape index (κ2) is 11.2. The minimum Gasteiger partial charge on any atom is -0.497 e. The minimum absolute atomic E-state index is 0.0324. The van der Waals surface area contributed by atoms with Gasteiger partial charge in [0.2, 0.25) is 0 Å². The van der Waals surface area contributed by atoms with E-state index in [0.29, 0.717) is 59.6 Å². The Morgan fingerprint density at radius 1 is 1.00 bits per heavy atom. The average molecular weight is 501 g/mol. The molecule has 0 radical (unpaired) electrons. The minimum atomic E-state index is -0.176. The molecular formula is C27H33ClN2O5. The number of piperidine rings is 1. The van der Waals surface area contributed by atoms with Crippen LogP contribution in [-0.4, -0.2) is 57.2 Å². The standard InChI is InChI=1S/C27H33ClN2O5/c1-33-21-14-19(15-22(17-21)34-2)26(32)30-11-9-27(10-12-30)8-4-3-5-13-35-24-7-6-20(28)16-23(24)25(31)29-18-27/h6-7,14-17H,3-5,8-13,18H2,1-2H3,(H,29,31). The molecule has 0 bridgehead atoms. The van der Waals surface area contributed by atoms with Gasteiger partial charge in [-0.3, -0.25) is 9.59 Å². The van der Waals surface area contributed by atoms with E-state index in [1.165, 1.54) is 0 Å². The monoisotopic (exact) mass is 500 g/mol. The van der Waals surface area contributed by atoms with Gasteiger partial charge in [0.25, 0.3) is 11.8 Å². The van der Waals surface area contributed by atoms with E-state index in [-0.39, 0.29) is 17.2 Å². The molecule has 1 saturated heterocycles. The molecule has 2 amide bonds. The number of fused-ring (bicyclic) bond motifs is 1. The second-order valence-corrected chi connectivity index (χ2v) is 9.81. The smallest absolute Gasteiger partial charge is 0.255 e. The lowest BCUT2D eigenvalue weighted by molar-refractivity contribution is 0.0533. The fourth-order valence-corrected chi connectivity index (χ4v) is 5.11. The molecule has 0 aliphatic carbocycles. The number of halogens is 1. The van der Waals surface area contributed by atoms with Crippen LogP contribution in [0, 0.1) is 5.41 Å². The molecule has 2 aromatic rings. The molecule has 0 unspecified atom stereocenters. The first-order chi connectivity index (χ1) is 16.9. The summed E-state index contributed by atoms with van der Waals surface area (Å²) < 4.78 is 16.5. The number of carbonyl (C=O) groups excluding carboxylic acids is 2. The lowest BCUT2D eigenvalue weighted by Crippen LogP contribution is -2.48. The number of rotatable bonds is 3.